The zero-order valence-corrected chi connectivity index (χ0v) is 12.7. The molecular formula is C15H11F8NO2. The number of aromatic nitrogens is 1. The van der Waals surface area contributed by atoms with Gasteiger partial charge in [-0.15, -0.1) is 0 Å². The smallest absolute Gasteiger partial charge is 0.456 e. The average molecular weight is 389 g/mol. The third-order valence-electron chi connectivity index (χ3n) is 3.59. The number of benzene rings is 1. The van der Waals surface area contributed by atoms with Gasteiger partial charge in [0, 0.05) is 17.1 Å². The van der Waals surface area contributed by atoms with Gasteiger partial charge in [-0.3, -0.25) is 4.79 Å². The topological polar surface area (TPSA) is 42.1 Å². The highest BCUT2D eigenvalue weighted by atomic mass is 19.4. The summed E-state index contributed by atoms with van der Waals surface area (Å²) in [6, 6.07) is 5.84. The summed E-state index contributed by atoms with van der Waals surface area (Å²) in [5.41, 5.74) is 0.00125. The summed E-state index contributed by atoms with van der Waals surface area (Å²) in [7, 11) is 0. The van der Waals surface area contributed by atoms with Gasteiger partial charge in [-0.2, -0.15) is 35.1 Å². The average Bonchev–Trinajstić information content (AvgIpc) is 2.92. The summed E-state index contributed by atoms with van der Waals surface area (Å²) >= 11 is 0. The fourth-order valence-electron chi connectivity index (χ4n) is 2.26. The van der Waals surface area contributed by atoms with Gasteiger partial charge in [-0.1, -0.05) is 18.2 Å². The van der Waals surface area contributed by atoms with Gasteiger partial charge in [0.1, 0.15) is 0 Å². The van der Waals surface area contributed by atoms with Crippen molar-refractivity contribution in [3.63, 3.8) is 0 Å². The molecule has 144 valence electrons. The summed E-state index contributed by atoms with van der Waals surface area (Å²) in [5.74, 6) is -9.59. The second kappa shape index (κ2) is 6.76. The first kappa shape index (κ1) is 20.0. The van der Waals surface area contributed by atoms with Crippen LogP contribution < -0.4 is 0 Å². The Bertz CT molecular complexity index is 778. The van der Waals surface area contributed by atoms with Gasteiger partial charge in [0.25, 0.3) is 0 Å². The van der Waals surface area contributed by atoms with Crippen LogP contribution >= 0.6 is 0 Å². The SMILES string of the molecule is O=C(C[C@@H](c1c[nH]c2ccccc12)C(F)(F)F)OCC(F)(F)C(F)(F)F. The molecule has 11 heteroatoms. The molecule has 1 heterocycles. The Morgan fingerprint density at radius 2 is 1.65 bits per heavy atom. The second-order valence-electron chi connectivity index (χ2n) is 5.45. The van der Waals surface area contributed by atoms with E-state index in [0.717, 1.165) is 6.20 Å². The van der Waals surface area contributed by atoms with Gasteiger partial charge in [0.05, 0.1) is 12.3 Å². The van der Waals surface area contributed by atoms with Crippen molar-refractivity contribution in [3.05, 3.63) is 36.0 Å². The molecule has 2 aromatic rings. The molecule has 1 aromatic carbocycles. The first-order valence-corrected chi connectivity index (χ1v) is 7.06. The molecular weight excluding hydrogens is 378 g/mol. The van der Waals surface area contributed by atoms with Crippen LogP contribution in [0.2, 0.25) is 0 Å². The van der Waals surface area contributed by atoms with Crippen molar-refractivity contribution in [2.45, 2.75) is 30.6 Å². The number of alkyl halides is 8. The van der Waals surface area contributed by atoms with E-state index in [-0.39, 0.29) is 10.9 Å². The van der Waals surface area contributed by atoms with Crippen LogP contribution in [-0.2, 0) is 9.53 Å². The molecule has 26 heavy (non-hydrogen) atoms. The van der Waals surface area contributed by atoms with E-state index >= 15 is 0 Å². The molecule has 0 saturated heterocycles. The number of carbonyl (C=O) groups is 1. The van der Waals surface area contributed by atoms with Crippen molar-refractivity contribution in [2.24, 2.45) is 0 Å². The van der Waals surface area contributed by atoms with E-state index in [9.17, 15) is 39.9 Å². The van der Waals surface area contributed by atoms with Gasteiger partial charge >= 0.3 is 24.2 Å². The Balaban J connectivity index is 2.18. The molecule has 0 unspecified atom stereocenters. The Hall–Kier alpha value is -2.33. The predicted octanol–water partition coefficient (Wildman–Crippen LogP) is 4.94. The molecule has 0 amide bonds. The van der Waals surface area contributed by atoms with Crippen LogP contribution in [-0.4, -0.2) is 35.8 Å². The Labute approximate surface area is 140 Å². The van der Waals surface area contributed by atoms with Crippen molar-refractivity contribution in [1.29, 1.82) is 0 Å². The molecule has 0 aliphatic rings. The van der Waals surface area contributed by atoms with E-state index in [1.54, 1.807) is 6.07 Å². The molecule has 1 aromatic heterocycles. The van der Waals surface area contributed by atoms with Crippen LogP contribution in [0.25, 0.3) is 10.9 Å². The summed E-state index contributed by atoms with van der Waals surface area (Å²) in [6.07, 6.45) is -11.4. The van der Waals surface area contributed by atoms with E-state index in [1.807, 2.05) is 0 Å². The number of ether oxygens (including phenoxy) is 1. The van der Waals surface area contributed by atoms with Crippen molar-refractivity contribution < 1.29 is 44.7 Å². The van der Waals surface area contributed by atoms with Crippen LogP contribution in [0.3, 0.4) is 0 Å². The molecule has 0 saturated carbocycles. The standard InChI is InChI=1S/C15H11F8NO2/c16-13(17,15(21,22)23)7-26-12(25)5-10(14(18,19)20)9-6-24-11-4-2-1-3-8(9)11/h1-4,6,10,24H,5,7H2/t10-/m0/s1. The van der Waals surface area contributed by atoms with Crippen LogP contribution in [0.1, 0.15) is 17.9 Å². The van der Waals surface area contributed by atoms with Crippen molar-refractivity contribution >= 4 is 16.9 Å². The second-order valence-corrected chi connectivity index (χ2v) is 5.45. The van der Waals surface area contributed by atoms with Gasteiger partial charge in [-0.25, -0.2) is 0 Å². The third-order valence-corrected chi connectivity index (χ3v) is 3.59. The third kappa shape index (κ3) is 4.25. The van der Waals surface area contributed by atoms with Crippen LogP contribution in [0.15, 0.2) is 30.5 Å². The minimum atomic E-state index is -5.98. The lowest BCUT2D eigenvalue weighted by Crippen LogP contribution is -2.41. The molecule has 0 spiro atoms. The van der Waals surface area contributed by atoms with E-state index in [2.05, 4.69) is 9.72 Å². The van der Waals surface area contributed by atoms with E-state index in [0.29, 0.717) is 5.52 Å². The number of hydrogen-bond acceptors (Lipinski definition) is 2. The molecule has 3 nitrogen and oxygen atoms in total. The molecule has 0 aliphatic heterocycles. The van der Waals surface area contributed by atoms with Gasteiger partial charge in [0.2, 0.25) is 0 Å². The Morgan fingerprint density at radius 1 is 1.04 bits per heavy atom. The number of carbonyl (C=O) groups excluding carboxylic acids is 1. The number of aromatic amines is 1. The van der Waals surface area contributed by atoms with Crippen molar-refractivity contribution in [3.8, 4) is 0 Å². The number of fused-ring (bicyclic) bond motifs is 1. The number of para-hydroxylation sites is 1. The highest BCUT2D eigenvalue weighted by Gasteiger charge is 2.58. The van der Waals surface area contributed by atoms with E-state index in [4.69, 9.17) is 0 Å². The van der Waals surface area contributed by atoms with Gasteiger partial charge < -0.3 is 9.72 Å². The lowest BCUT2D eigenvalue weighted by Gasteiger charge is -2.21. The molecule has 1 atom stereocenters. The van der Waals surface area contributed by atoms with Gasteiger partial charge in [-0.05, 0) is 11.6 Å². The first-order chi connectivity index (χ1) is 11.8. The maximum Gasteiger partial charge on any atom is 0.456 e. The number of nitrogens with one attached hydrogen (secondary N) is 1. The monoisotopic (exact) mass is 389 g/mol. The molecule has 0 aliphatic carbocycles. The first-order valence-electron chi connectivity index (χ1n) is 7.06. The van der Waals surface area contributed by atoms with Crippen LogP contribution in [0, 0.1) is 0 Å². The fourth-order valence-corrected chi connectivity index (χ4v) is 2.26. The maximum atomic E-state index is 13.3. The summed E-state index contributed by atoms with van der Waals surface area (Å²) in [4.78, 5) is 14.0. The predicted molar refractivity (Wildman–Crippen MR) is 73.7 cm³/mol. The molecule has 0 bridgehead atoms. The van der Waals surface area contributed by atoms with Crippen molar-refractivity contribution in [1.82, 2.24) is 4.98 Å². The lowest BCUT2D eigenvalue weighted by atomic mass is 9.94. The van der Waals surface area contributed by atoms with E-state index < -0.39 is 43.2 Å². The summed E-state index contributed by atoms with van der Waals surface area (Å²) in [6.45, 7) is -2.38. The largest absolute Gasteiger partial charge is 0.459 e. The molecule has 1 N–H and O–H groups in total. The van der Waals surface area contributed by atoms with Crippen molar-refractivity contribution in [2.75, 3.05) is 6.61 Å². The zero-order chi connectivity index (χ0) is 19.8. The minimum absolute atomic E-state index is 0.142. The maximum absolute atomic E-state index is 13.3. The molecule has 0 fully saturated rings. The summed E-state index contributed by atoms with van der Waals surface area (Å²) in [5, 5.41) is 0.142. The fraction of sp³-hybridized carbons (Fsp3) is 0.400. The molecule has 0 radical (unpaired) electrons. The number of hydrogen-bond donors (Lipinski definition) is 1. The highest BCUT2D eigenvalue weighted by molar-refractivity contribution is 5.84. The number of H-pyrrole nitrogens is 1. The Kier molecular flexibility index (Phi) is 5.20. The lowest BCUT2D eigenvalue weighted by molar-refractivity contribution is -0.294. The van der Waals surface area contributed by atoms with E-state index in [1.165, 1.54) is 18.2 Å². The highest BCUT2D eigenvalue weighted by Crippen LogP contribution is 2.41. The van der Waals surface area contributed by atoms with Crippen LogP contribution in [0.5, 0.6) is 0 Å². The number of esters is 1. The number of halogens is 8. The minimum Gasteiger partial charge on any atom is -0.459 e. The quantitative estimate of drug-likeness (QED) is 0.581. The number of rotatable bonds is 5. The zero-order valence-electron chi connectivity index (χ0n) is 12.7. The van der Waals surface area contributed by atoms with Crippen LogP contribution in [0.4, 0.5) is 35.1 Å². The normalized spacial score (nSPS) is 14.5. The van der Waals surface area contributed by atoms with Gasteiger partial charge in [0.15, 0.2) is 6.61 Å². The molecule has 2 rings (SSSR count). The summed E-state index contributed by atoms with van der Waals surface area (Å²) < 4.78 is 105. The Morgan fingerprint density at radius 3 is 2.23 bits per heavy atom.